The molecule has 1 saturated heterocycles. The first kappa shape index (κ1) is 16.6. The summed E-state index contributed by atoms with van der Waals surface area (Å²) in [6, 6.07) is 13.2. The molecule has 3 aromatic rings. The van der Waals surface area contributed by atoms with Crippen molar-refractivity contribution in [3.8, 4) is 11.3 Å². The lowest BCUT2D eigenvalue weighted by molar-refractivity contribution is -0.0855. The Morgan fingerprint density at radius 3 is 2.92 bits per heavy atom. The fourth-order valence-corrected chi connectivity index (χ4v) is 2.98. The van der Waals surface area contributed by atoms with E-state index in [4.69, 9.17) is 9.47 Å². The second-order valence-electron chi connectivity index (χ2n) is 6.09. The Morgan fingerprint density at radius 2 is 2.12 bits per heavy atom. The summed E-state index contributed by atoms with van der Waals surface area (Å²) >= 11 is 0. The van der Waals surface area contributed by atoms with Gasteiger partial charge in [-0.3, -0.25) is 9.78 Å². The number of hydrogen-bond donors (Lipinski definition) is 1. The molecule has 1 aliphatic heterocycles. The molecule has 1 unspecified atom stereocenters. The van der Waals surface area contributed by atoms with Gasteiger partial charge >= 0.3 is 0 Å². The van der Waals surface area contributed by atoms with Crippen LogP contribution in [0.5, 0.6) is 0 Å². The highest BCUT2D eigenvalue weighted by Crippen LogP contribution is 2.24. The van der Waals surface area contributed by atoms with Gasteiger partial charge in [0.2, 0.25) is 0 Å². The Labute approximate surface area is 151 Å². The summed E-state index contributed by atoms with van der Waals surface area (Å²) in [6.07, 6.45) is 3.34. The van der Waals surface area contributed by atoms with Crippen LogP contribution in [0.25, 0.3) is 22.2 Å². The van der Waals surface area contributed by atoms with E-state index >= 15 is 0 Å². The highest BCUT2D eigenvalue weighted by molar-refractivity contribution is 6.07. The minimum absolute atomic E-state index is 0.112. The number of rotatable bonds is 4. The SMILES string of the molecule is O=C(NCC1COCCO1)c1cc(-c2cccnc2)nc2ccccc12. The summed E-state index contributed by atoms with van der Waals surface area (Å²) in [5.41, 5.74) is 2.96. The van der Waals surface area contributed by atoms with Crippen molar-refractivity contribution in [3.05, 3.63) is 60.4 Å². The van der Waals surface area contributed by atoms with Gasteiger partial charge < -0.3 is 14.8 Å². The van der Waals surface area contributed by atoms with Gasteiger partial charge in [-0.1, -0.05) is 18.2 Å². The predicted octanol–water partition coefficient (Wildman–Crippen LogP) is 2.44. The van der Waals surface area contributed by atoms with Crippen LogP contribution in [0.15, 0.2) is 54.9 Å². The van der Waals surface area contributed by atoms with Crippen molar-refractivity contribution in [2.24, 2.45) is 0 Å². The molecule has 4 rings (SSSR count). The van der Waals surface area contributed by atoms with Crippen molar-refractivity contribution < 1.29 is 14.3 Å². The molecule has 1 amide bonds. The zero-order valence-corrected chi connectivity index (χ0v) is 14.2. The number of amides is 1. The fraction of sp³-hybridized carbons (Fsp3) is 0.250. The van der Waals surface area contributed by atoms with Crippen LogP contribution in [0, 0.1) is 0 Å². The number of fused-ring (bicyclic) bond motifs is 1. The number of aromatic nitrogens is 2. The molecule has 0 spiro atoms. The Kier molecular flexibility index (Phi) is 4.86. The molecular formula is C20H19N3O3. The average Bonchev–Trinajstić information content (AvgIpc) is 2.72. The normalized spacial score (nSPS) is 17.2. The Hall–Kier alpha value is -2.83. The van der Waals surface area contributed by atoms with E-state index in [9.17, 15) is 4.79 Å². The fourth-order valence-electron chi connectivity index (χ4n) is 2.98. The van der Waals surface area contributed by atoms with Crippen LogP contribution in [0.4, 0.5) is 0 Å². The van der Waals surface area contributed by atoms with Gasteiger partial charge in [-0.25, -0.2) is 4.98 Å². The van der Waals surface area contributed by atoms with Crippen molar-refractivity contribution in [1.82, 2.24) is 15.3 Å². The molecule has 6 nitrogen and oxygen atoms in total. The summed E-state index contributed by atoms with van der Waals surface area (Å²) in [5.74, 6) is -0.150. The average molecular weight is 349 g/mol. The highest BCUT2D eigenvalue weighted by atomic mass is 16.6. The lowest BCUT2D eigenvalue weighted by Crippen LogP contribution is -2.39. The summed E-state index contributed by atoms with van der Waals surface area (Å²) in [5, 5.41) is 3.77. The maximum Gasteiger partial charge on any atom is 0.252 e. The lowest BCUT2D eigenvalue weighted by atomic mass is 10.0. The summed E-state index contributed by atoms with van der Waals surface area (Å²) < 4.78 is 11.0. The second-order valence-corrected chi connectivity index (χ2v) is 6.09. The monoisotopic (exact) mass is 349 g/mol. The van der Waals surface area contributed by atoms with Gasteiger partial charge in [0.25, 0.3) is 5.91 Å². The summed E-state index contributed by atoms with van der Waals surface area (Å²) in [4.78, 5) is 21.6. The first-order valence-corrected chi connectivity index (χ1v) is 8.59. The molecule has 0 aliphatic carbocycles. The van der Waals surface area contributed by atoms with Gasteiger partial charge in [0.05, 0.1) is 42.7 Å². The van der Waals surface area contributed by atoms with Crippen molar-refractivity contribution >= 4 is 16.8 Å². The molecule has 3 heterocycles. The molecule has 0 bridgehead atoms. The van der Waals surface area contributed by atoms with Crippen molar-refractivity contribution in [2.75, 3.05) is 26.4 Å². The summed E-state index contributed by atoms with van der Waals surface area (Å²) in [6.45, 7) is 2.08. The molecule has 0 radical (unpaired) electrons. The zero-order valence-electron chi connectivity index (χ0n) is 14.2. The van der Waals surface area contributed by atoms with Crippen LogP contribution in [-0.4, -0.2) is 48.3 Å². The number of para-hydroxylation sites is 1. The first-order chi connectivity index (χ1) is 12.8. The predicted molar refractivity (Wildman–Crippen MR) is 97.9 cm³/mol. The molecule has 1 N–H and O–H groups in total. The largest absolute Gasteiger partial charge is 0.376 e. The van der Waals surface area contributed by atoms with Gasteiger partial charge in [0.15, 0.2) is 0 Å². The number of benzene rings is 1. The molecule has 1 aliphatic rings. The van der Waals surface area contributed by atoms with Crippen LogP contribution >= 0.6 is 0 Å². The van der Waals surface area contributed by atoms with E-state index < -0.39 is 0 Å². The minimum Gasteiger partial charge on any atom is -0.376 e. The van der Waals surface area contributed by atoms with Gasteiger partial charge in [-0.15, -0.1) is 0 Å². The van der Waals surface area contributed by atoms with Crippen molar-refractivity contribution in [1.29, 1.82) is 0 Å². The number of ether oxygens (including phenoxy) is 2. The Morgan fingerprint density at radius 1 is 1.19 bits per heavy atom. The van der Waals surface area contributed by atoms with Crippen molar-refractivity contribution in [3.63, 3.8) is 0 Å². The molecule has 26 heavy (non-hydrogen) atoms. The van der Waals surface area contributed by atoms with E-state index in [0.29, 0.717) is 31.9 Å². The van der Waals surface area contributed by atoms with Crippen LogP contribution in [0.2, 0.25) is 0 Å². The zero-order chi connectivity index (χ0) is 17.8. The van der Waals surface area contributed by atoms with Gasteiger partial charge in [0.1, 0.15) is 0 Å². The molecule has 1 fully saturated rings. The van der Waals surface area contributed by atoms with Gasteiger partial charge in [-0.2, -0.15) is 0 Å². The number of nitrogens with zero attached hydrogens (tertiary/aromatic N) is 2. The van der Waals surface area contributed by atoms with E-state index in [0.717, 1.165) is 22.2 Å². The van der Waals surface area contributed by atoms with Crippen LogP contribution in [0.3, 0.4) is 0 Å². The molecule has 1 atom stereocenters. The maximum absolute atomic E-state index is 12.8. The van der Waals surface area contributed by atoms with Crippen LogP contribution in [0.1, 0.15) is 10.4 Å². The topological polar surface area (TPSA) is 73.3 Å². The second kappa shape index (κ2) is 7.59. The Balaban J connectivity index is 1.65. The minimum atomic E-state index is -0.150. The van der Waals surface area contributed by atoms with Crippen LogP contribution in [-0.2, 0) is 9.47 Å². The lowest BCUT2D eigenvalue weighted by Gasteiger charge is -2.23. The van der Waals surface area contributed by atoms with Crippen molar-refractivity contribution in [2.45, 2.75) is 6.10 Å². The molecular weight excluding hydrogens is 330 g/mol. The van der Waals surface area contributed by atoms with E-state index in [1.807, 2.05) is 42.5 Å². The third-order valence-electron chi connectivity index (χ3n) is 4.29. The first-order valence-electron chi connectivity index (χ1n) is 8.59. The van der Waals surface area contributed by atoms with E-state index in [1.165, 1.54) is 0 Å². The number of pyridine rings is 2. The van der Waals surface area contributed by atoms with E-state index in [2.05, 4.69) is 15.3 Å². The van der Waals surface area contributed by atoms with Gasteiger partial charge in [0, 0.05) is 29.9 Å². The van der Waals surface area contributed by atoms with Crippen LogP contribution < -0.4 is 5.32 Å². The number of carbonyl (C=O) groups excluding carboxylic acids is 1. The Bertz CT molecular complexity index is 909. The summed E-state index contributed by atoms with van der Waals surface area (Å²) in [7, 11) is 0. The highest BCUT2D eigenvalue weighted by Gasteiger charge is 2.18. The molecule has 1 aromatic carbocycles. The molecule has 6 heteroatoms. The number of carbonyl (C=O) groups is 1. The quantitative estimate of drug-likeness (QED) is 0.783. The standard InChI is InChI=1S/C20H19N3O3/c24-20(22-12-15-13-25-8-9-26-15)17-10-19(14-4-3-7-21-11-14)23-18-6-2-1-5-16(17)18/h1-7,10-11,15H,8-9,12-13H2,(H,22,24). The third kappa shape index (κ3) is 3.56. The third-order valence-corrected chi connectivity index (χ3v) is 4.29. The number of nitrogens with one attached hydrogen (secondary N) is 1. The van der Waals surface area contributed by atoms with E-state index in [1.54, 1.807) is 12.4 Å². The molecule has 0 saturated carbocycles. The van der Waals surface area contributed by atoms with E-state index in [-0.39, 0.29) is 12.0 Å². The molecule has 132 valence electrons. The molecule has 2 aromatic heterocycles. The number of hydrogen-bond acceptors (Lipinski definition) is 5. The maximum atomic E-state index is 12.8. The smallest absolute Gasteiger partial charge is 0.252 e. The van der Waals surface area contributed by atoms with Gasteiger partial charge in [-0.05, 0) is 24.3 Å².